The number of anilines is 1. The lowest BCUT2D eigenvalue weighted by atomic mass is 10.2. The van der Waals surface area contributed by atoms with Crippen molar-refractivity contribution in [3.8, 4) is 17.2 Å². The van der Waals surface area contributed by atoms with Gasteiger partial charge in [-0.25, -0.2) is 4.90 Å². The summed E-state index contributed by atoms with van der Waals surface area (Å²) in [4.78, 5) is 32.4. The highest BCUT2D eigenvalue weighted by atomic mass is 35.5. The lowest BCUT2D eigenvalue weighted by molar-refractivity contribution is -0.113. The number of halogens is 3. The van der Waals surface area contributed by atoms with Crippen LogP contribution in [0.15, 0.2) is 77.7 Å². The van der Waals surface area contributed by atoms with E-state index < -0.39 is 0 Å². The zero-order valence-corrected chi connectivity index (χ0v) is 27.3. The molecule has 5 rings (SSSR count). The van der Waals surface area contributed by atoms with Crippen molar-refractivity contribution in [2.75, 3.05) is 44.2 Å². The molecule has 0 radical (unpaired) electrons. The van der Waals surface area contributed by atoms with Gasteiger partial charge in [-0.1, -0.05) is 23.7 Å². The molecule has 0 aliphatic carbocycles. The van der Waals surface area contributed by atoms with Gasteiger partial charge in [0.05, 0.1) is 17.2 Å². The molecule has 2 aliphatic heterocycles. The van der Waals surface area contributed by atoms with Crippen LogP contribution in [0.25, 0.3) is 6.08 Å². The molecule has 0 atom stereocenters. The predicted octanol–water partition coefficient (Wildman–Crippen LogP) is 8.01. The number of hydrogen-bond donors (Lipinski definition) is 0. The Morgan fingerprint density at radius 3 is 2.02 bits per heavy atom. The first-order valence-electron chi connectivity index (χ1n) is 13.9. The fourth-order valence-corrected chi connectivity index (χ4v) is 5.75. The van der Waals surface area contributed by atoms with Crippen LogP contribution in [-0.4, -0.2) is 66.3 Å². The summed E-state index contributed by atoms with van der Waals surface area (Å²) in [6.07, 6.45) is 2.67. The molecule has 7 nitrogen and oxygen atoms in total. The number of thioether (sulfide) groups is 1. The standard InChI is InChI=1S/C32H34ClN3O4S.2ClH/c1-23(2)35-19-17-34(18-20-35)16-3-21-39-27-14-8-26(9-15-27)36-31(37)30(41-32(36)38)22-24-4-10-28(11-5-24)40-29-12-6-25(33)7-13-29;;/h4-15,22-23H,3,16-21H2,1-2H3;2*1H. The number of amides is 2. The molecule has 0 aromatic heterocycles. The third kappa shape index (κ3) is 9.38. The van der Waals surface area contributed by atoms with Crippen molar-refractivity contribution in [2.45, 2.75) is 26.3 Å². The van der Waals surface area contributed by atoms with Crippen molar-refractivity contribution in [2.24, 2.45) is 0 Å². The number of nitrogens with zero attached hydrogens (tertiary/aromatic N) is 3. The minimum absolute atomic E-state index is 0. The van der Waals surface area contributed by atoms with E-state index in [0.29, 0.717) is 39.8 Å². The number of piperazine rings is 1. The van der Waals surface area contributed by atoms with Crippen molar-refractivity contribution >= 4 is 71.1 Å². The molecule has 2 heterocycles. The third-order valence-electron chi connectivity index (χ3n) is 7.14. The van der Waals surface area contributed by atoms with E-state index >= 15 is 0 Å². The fraction of sp³-hybridized carbons (Fsp3) is 0.312. The Bertz CT molecular complexity index is 1380. The smallest absolute Gasteiger partial charge is 0.298 e. The summed E-state index contributed by atoms with van der Waals surface area (Å²) in [7, 11) is 0. The Balaban J connectivity index is 0.00000253. The van der Waals surface area contributed by atoms with Crippen LogP contribution in [0.4, 0.5) is 10.5 Å². The summed E-state index contributed by atoms with van der Waals surface area (Å²) in [5.74, 6) is 1.72. The molecule has 2 saturated heterocycles. The first-order chi connectivity index (χ1) is 19.9. The van der Waals surface area contributed by atoms with Crippen LogP contribution in [0, 0.1) is 0 Å². The van der Waals surface area contributed by atoms with Crippen LogP contribution < -0.4 is 14.4 Å². The Morgan fingerprint density at radius 1 is 0.837 bits per heavy atom. The van der Waals surface area contributed by atoms with E-state index in [2.05, 4.69) is 23.6 Å². The van der Waals surface area contributed by atoms with Gasteiger partial charge in [0, 0.05) is 43.8 Å². The quantitative estimate of drug-likeness (QED) is 0.161. The van der Waals surface area contributed by atoms with E-state index in [0.717, 1.165) is 62.2 Å². The molecular weight excluding hydrogens is 629 g/mol. The molecule has 0 N–H and O–H groups in total. The lowest BCUT2D eigenvalue weighted by Crippen LogP contribution is -2.49. The van der Waals surface area contributed by atoms with Crippen molar-refractivity contribution < 1.29 is 19.1 Å². The van der Waals surface area contributed by atoms with Crippen molar-refractivity contribution in [1.82, 2.24) is 9.80 Å². The van der Waals surface area contributed by atoms with E-state index in [4.69, 9.17) is 21.1 Å². The van der Waals surface area contributed by atoms with Gasteiger partial charge in [0.2, 0.25) is 0 Å². The van der Waals surface area contributed by atoms with Gasteiger partial charge in [0.25, 0.3) is 11.1 Å². The molecule has 3 aromatic rings. The van der Waals surface area contributed by atoms with Gasteiger partial charge in [-0.15, -0.1) is 24.8 Å². The average Bonchev–Trinajstić information content (AvgIpc) is 3.26. The summed E-state index contributed by atoms with van der Waals surface area (Å²) >= 11 is 6.85. The summed E-state index contributed by atoms with van der Waals surface area (Å²) in [6.45, 7) is 10.6. The highest BCUT2D eigenvalue weighted by Crippen LogP contribution is 2.36. The summed E-state index contributed by atoms with van der Waals surface area (Å²) in [5, 5.41) is 0.318. The van der Waals surface area contributed by atoms with E-state index in [-0.39, 0.29) is 36.0 Å². The van der Waals surface area contributed by atoms with Gasteiger partial charge < -0.3 is 14.4 Å². The molecule has 0 saturated carbocycles. The molecule has 0 unspecified atom stereocenters. The van der Waals surface area contributed by atoms with Crippen LogP contribution in [0.1, 0.15) is 25.8 Å². The minimum atomic E-state index is -0.340. The van der Waals surface area contributed by atoms with Crippen LogP contribution >= 0.6 is 48.2 Å². The van der Waals surface area contributed by atoms with E-state index in [9.17, 15) is 9.59 Å². The monoisotopic (exact) mass is 663 g/mol. The highest BCUT2D eigenvalue weighted by Gasteiger charge is 2.36. The van der Waals surface area contributed by atoms with Gasteiger partial charge in [-0.2, -0.15) is 0 Å². The zero-order valence-electron chi connectivity index (χ0n) is 24.1. The topological polar surface area (TPSA) is 62.3 Å². The number of ether oxygens (including phenoxy) is 2. The number of benzene rings is 3. The molecular formula is C32H36Cl3N3O4S. The molecule has 0 spiro atoms. The first kappa shape index (κ1) is 34.8. The third-order valence-corrected chi connectivity index (χ3v) is 8.26. The van der Waals surface area contributed by atoms with Gasteiger partial charge in [0.15, 0.2) is 0 Å². The van der Waals surface area contributed by atoms with Crippen molar-refractivity contribution in [3.05, 3.63) is 88.3 Å². The molecule has 2 amide bonds. The second-order valence-corrected chi connectivity index (χ2v) is 11.7. The normalized spacial score (nSPS) is 16.7. The molecule has 2 aliphatic rings. The Kier molecular flexibility index (Phi) is 13.2. The van der Waals surface area contributed by atoms with Crippen LogP contribution in [-0.2, 0) is 4.79 Å². The molecule has 11 heteroatoms. The zero-order chi connectivity index (χ0) is 28.8. The van der Waals surface area contributed by atoms with Crippen LogP contribution in [0.5, 0.6) is 17.2 Å². The Hall–Kier alpha value is -2.72. The van der Waals surface area contributed by atoms with Gasteiger partial charge >= 0.3 is 0 Å². The number of carbonyl (C=O) groups excluding carboxylic acids is 2. The molecule has 3 aromatic carbocycles. The van der Waals surface area contributed by atoms with Gasteiger partial charge in [0.1, 0.15) is 17.2 Å². The summed E-state index contributed by atoms with van der Waals surface area (Å²) in [6, 6.07) is 22.2. The van der Waals surface area contributed by atoms with Crippen molar-refractivity contribution in [1.29, 1.82) is 0 Å². The molecule has 0 bridgehead atoms. The van der Waals surface area contributed by atoms with Crippen molar-refractivity contribution in [3.63, 3.8) is 0 Å². The SMILES string of the molecule is CC(C)N1CCN(CCCOc2ccc(N3C(=O)SC(=Cc4ccc(Oc5ccc(Cl)cc5)cc4)C3=O)cc2)CC1.Cl.Cl. The summed E-state index contributed by atoms with van der Waals surface area (Å²) in [5.41, 5.74) is 1.32. The van der Waals surface area contributed by atoms with Gasteiger partial charge in [-0.05, 0) is 104 Å². The van der Waals surface area contributed by atoms with E-state index in [1.165, 1.54) is 4.90 Å². The molecule has 2 fully saturated rings. The second-order valence-electron chi connectivity index (χ2n) is 10.3. The first-order valence-corrected chi connectivity index (χ1v) is 15.1. The fourth-order valence-electron chi connectivity index (χ4n) is 4.79. The largest absolute Gasteiger partial charge is 0.494 e. The number of carbonyl (C=O) groups is 2. The lowest BCUT2D eigenvalue weighted by Gasteiger charge is -2.36. The van der Waals surface area contributed by atoms with E-state index in [1.807, 2.05) is 36.4 Å². The highest BCUT2D eigenvalue weighted by molar-refractivity contribution is 8.19. The number of imide groups is 1. The number of rotatable bonds is 10. The summed E-state index contributed by atoms with van der Waals surface area (Å²) < 4.78 is 11.7. The molecule has 43 heavy (non-hydrogen) atoms. The van der Waals surface area contributed by atoms with Crippen LogP contribution in [0.2, 0.25) is 5.02 Å². The maximum absolute atomic E-state index is 13.1. The van der Waals surface area contributed by atoms with E-state index in [1.54, 1.807) is 42.5 Å². The Labute approximate surface area is 275 Å². The minimum Gasteiger partial charge on any atom is -0.494 e. The average molecular weight is 665 g/mol. The second kappa shape index (κ2) is 16.4. The Morgan fingerprint density at radius 2 is 1.42 bits per heavy atom. The molecule has 230 valence electrons. The number of hydrogen-bond acceptors (Lipinski definition) is 7. The maximum Gasteiger partial charge on any atom is 0.298 e. The van der Waals surface area contributed by atoms with Crippen LogP contribution in [0.3, 0.4) is 0 Å². The van der Waals surface area contributed by atoms with Gasteiger partial charge in [-0.3, -0.25) is 14.5 Å². The predicted molar refractivity (Wildman–Crippen MR) is 181 cm³/mol. The maximum atomic E-state index is 13.1.